The maximum Gasteiger partial charge on any atom is 0.239 e. The van der Waals surface area contributed by atoms with Crippen molar-refractivity contribution >= 4 is 17.5 Å². The predicted molar refractivity (Wildman–Crippen MR) is 67.9 cm³/mol. The Hall–Kier alpha value is -1.26. The van der Waals surface area contributed by atoms with Gasteiger partial charge in [-0.2, -0.15) is 0 Å². The molecule has 0 fully saturated rings. The fraction of sp³-hybridized carbons (Fsp3) is 0.417. The number of nitrogens with one attached hydrogen (secondary N) is 1. The van der Waals surface area contributed by atoms with Gasteiger partial charge < -0.3 is 10.8 Å². The molecule has 0 bridgehead atoms. The summed E-state index contributed by atoms with van der Waals surface area (Å²) in [5.41, 5.74) is 6.01. The lowest BCUT2D eigenvalue weighted by atomic mass is 10.0. The van der Waals surface area contributed by atoms with Crippen molar-refractivity contribution in [2.45, 2.75) is 32.4 Å². The summed E-state index contributed by atoms with van der Waals surface area (Å²) in [5.74, 6) is -0.478. The zero-order chi connectivity index (χ0) is 13.0. The highest BCUT2D eigenvalue weighted by Crippen LogP contribution is 2.26. The van der Waals surface area contributed by atoms with Gasteiger partial charge in [0.15, 0.2) is 0 Å². The van der Waals surface area contributed by atoms with E-state index in [9.17, 15) is 9.90 Å². The summed E-state index contributed by atoms with van der Waals surface area (Å²) >= 11 is 5.80. The standard InChI is InChI=1S/C12H17ClN2O2/c1-3-7(2)15-11(12(14)17)8-4-5-10(16)9(13)6-8/h4-7,11,15-16H,3H2,1-2H3,(H2,14,17). The number of hydrogen-bond acceptors (Lipinski definition) is 3. The Morgan fingerprint density at radius 2 is 2.24 bits per heavy atom. The third-order valence-corrected chi connectivity index (χ3v) is 2.96. The molecule has 5 heteroatoms. The molecule has 0 saturated carbocycles. The quantitative estimate of drug-likeness (QED) is 0.754. The summed E-state index contributed by atoms with van der Waals surface area (Å²) in [4.78, 5) is 11.4. The summed E-state index contributed by atoms with van der Waals surface area (Å²) in [6.45, 7) is 3.98. The van der Waals surface area contributed by atoms with Crippen LogP contribution in [0.1, 0.15) is 31.9 Å². The molecule has 0 aliphatic carbocycles. The molecular formula is C12H17ClN2O2. The van der Waals surface area contributed by atoms with E-state index in [0.29, 0.717) is 5.56 Å². The second kappa shape index (κ2) is 5.89. The van der Waals surface area contributed by atoms with E-state index in [1.807, 2.05) is 13.8 Å². The summed E-state index contributed by atoms with van der Waals surface area (Å²) in [5, 5.41) is 12.6. The summed E-state index contributed by atoms with van der Waals surface area (Å²) in [7, 11) is 0. The molecule has 0 aliphatic heterocycles. The summed E-state index contributed by atoms with van der Waals surface area (Å²) in [6, 6.07) is 4.20. The van der Waals surface area contributed by atoms with Gasteiger partial charge in [-0.05, 0) is 31.0 Å². The molecule has 0 saturated heterocycles. The molecule has 0 spiro atoms. The number of carbonyl (C=O) groups excluding carboxylic acids is 1. The van der Waals surface area contributed by atoms with Crippen LogP contribution in [0.15, 0.2) is 18.2 Å². The van der Waals surface area contributed by atoms with Gasteiger partial charge in [-0.25, -0.2) is 0 Å². The lowest BCUT2D eigenvalue weighted by molar-refractivity contribution is -0.120. The van der Waals surface area contributed by atoms with Crippen LogP contribution in [-0.4, -0.2) is 17.1 Å². The lowest BCUT2D eigenvalue weighted by Gasteiger charge is -2.20. The summed E-state index contributed by atoms with van der Waals surface area (Å²) in [6.07, 6.45) is 0.885. The topological polar surface area (TPSA) is 75.3 Å². The van der Waals surface area contributed by atoms with Crippen LogP contribution in [0.5, 0.6) is 5.75 Å². The Labute approximate surface area is 106 Å². The molecule has 0 radical (unpaired) electrons. The molecule has 1 amide bonds. The number of amides is 1. The molecule has 2 unspecified atom stereocenters. The van der Waals surface area contributed by atoms with Crippen molar-refractivity contribution < 1.29 is 9.90 Å². The van der Waals surface area contributed by atoms with E-state index < -0.39 is 11.9 Å². The third-order valence-electron chi connectivity index (χ3n) is 2.65. The van der Waals surface area contributed by atoms with Crippen LogP contribution in [0.3, 0.4) is 0 Å². The zero-order valence-electron chi connectivity index (χ0n) is 9.90. The first-order chi connectivity index (χ1) is 7.95. The number of phenolic OH excluding ortho intramolecular Hbond substituents is 1. The van der Waals surface area contributed by atoms with E-state index in [-0.39, 0.29) is 16.8 Å². The maximum absolute atomic E-state index is 11.4. The van der Waals surface area contributed by atoms with Crippen LogP contribution < -0.4 is 11.1 Å². The predicted octanol–water partition coefficient (Wildman–Crippen LogP) is 1.96. The zero-order valence-corrected chi connectivity index (χ0v) is 10.7. The van der Waals surface area contributed by atoms with E-state index in [2.05, 4.69) is 5.32 Å². The van der Waals surface area contributed by atoms with E-state index in [1.165, 1.54) is 6.07 Å². The maximum atomic E-state index is 11.4. The van der Waals surface area contributed by atoms with Gasteiger partial charge in [-0.3, -0.25) is 10.1 Å². The van der Waals surface area contributed by atoms with Gasteiger partial charge in [0.2, 0.25) is 5.91 Å². The highest BCUT2D eigenvalue weighted by Gasteiger charge is 2.20. The first kappa shape index (κ1) is 13.8. The molecule has 0 aromatic heterocycles. The SMILES string of the molecule is CCC(C)NC(C(N)=O)c1ccc(O)c(Cl)c1. The van der Waals surface area contributed by atoms with E-state index in [4.69, 9.17) is 17.3 Å². The normalized spacial score (nSPS) is 14.3. The third kappa shape index (κ3) is 3.61. The van der Waals surface area contributed by atoms with E-state index in [0.717, 1.165) is 6.42 Å². The van der Waals surface area contributed by atoms with Crippen LogP contribution in [0.25, 0.3) is 0 Å². The van der Waals surface area contributed by atoms with Crippen LogP contribution in [0.4, 0.5) is 0 Å². The minimum absolute atomic E-state index is 0.0119. The largest absolute Gasteiger partial charge is 0.506 e. The Kier molecular flexibility index (Phi) is 4.78. The smallest absolute Gasteiger partial charge is 0.239 e. The van der Waals surface area contributed by atoms with Crippen molar-refractivity contribution in [3.05, 3.63) is 28.8 Å². The second-order valence-electron chi connectivity index (χ2n) is 4.02. The molecule has 4 N–H and O–H groups in total. The molecule has 94 valence electrons. The molecule has 0 aliphatic rings. The van der Waals surface area contributed by atoms with Gasteiger partial charge >= 0.3 is 0 Å². The van der Waals surface area contributed by atoms with Gasteiger partial charge in [0, 0.05) is 6.04 Å². The number of phenols is 1. The van der Waals surface area contributed by atoms with Crippen molar-refractivity contribution in [2.75, 3.05) is 0 Å². The Morgan fingerprint density at radius 3 is 2.71 bits per heavy atom. The first-order valence-corrected chi connectivity index (χ1v) is 5.87. The van der Waals surface area contributed by atoms with Gasteiger partial charge in [-0.15, -0.1) is 0 Å². The monoisotopic (exact) mass is 256 g/mol. The second-order valence-corrected chi connectivity index (χ2v) is 4.43. The molecular weight excluding hydrogens is 240 g/mol. The number of benzene rings is 1. The lowest BCUT2D eigenvalue weighted by Crippen LogP contribution is -2.38. The van der Waals surface area contributed by atoms with Crippen molar-refractivity contribution in [3.8, 4) is 5.75 Å². The van der Waals surface area contributed by atoms with E-state index >= 15 is 0 Å². The van der Waals surface area contributed by atoms with Crippen molar-refractivity contribution in [1.82, 2.24) is 5.32 Å². The van der Waals surface area contributed by atoms with Gasteiger partial charge in [0.25, 0.3) is 0 Å². The first-order valence-electron chi connectivity index (χ1n) is 5.49. The minimum Gasteiger partial charge on any atom is -0.506 e. The highest BCUT2D eigenvalue weighted by atomic mass is 35.5. The van der Waals surface area contributed by atoms with Gasteiger partial charge in [0.1, 0.15) is 11.8 Å². The van der Waals surface area contributed by atoms with Crippen molar-refractivity contribution in [1.29, 1.82) is 0 Å². The number of hydrogen-bond donors (Lipinski definition) is 3. The minimum atomic E-state index is -0.594. The van der Waals surface area contributed by atoms with Gasteiger partial charge in [0.05, 0.1) is 5.02 Å². The number of halogens is 1. The molecule has 0 heterocycles. The fourth-order valence-corrected chi connectivity index (χ4v) is 1.64. The van der Waals surface area contributed by atoms with Crippen molar-refractivity contribution in [2.24, 2.45) is 5.73 Å². The average molecular weight is 257 g/mol. The van der Waals surface area contributed by atoms with Gasteiger partial charge in [-0.1, -0.05) is 24.6 Å². The van der Waals surface area contributed by atoms with Crippen molar-refractivity contribution in [3.63, 3.8) is 0 Å². The van der Waals surface area contributed by atoms with Crippen LogP contribution >= 0.6 is 11.6 Å². The Bertz CT molecular complexity index is 409. The molecule has 2 atom stereocenters. The molecule has 17 heavy (non-hydrogen) atoms. The number of aromatic hydroxyl groups is 1. The molecule has 1 aromatic rings. The number of primary amides is 1. The molecule has 1 aromatic carbocycles. The average Bonchev–Trinajstić information content (AvgIpc) is 2.29. The fourth-order valence-electron chi connectivity index (χ4n) is 1.45. The number of rotatable bonds is 5. The van der Waals surface area contributed by atoms with Crippen LogP contribution in [0.2, 0.25) is 5.02 Å². The molecule has 1 rings (SSSR count). The summed E-state index contributed by atoms with van der Waals surface area (Å²) < 4.78 is 0. The Balaban J connectivity index is 2.97. The molecule has 4 nitrogen and oxygen atoms in total. The van der Waals surface area contributed by atoms with Crippen LogP contribution in [0, 0.1) is 0 Å². The Morgan fingerprint density at radius 1 is 1.59 bits per heavy atom. The highest BCUT2D eigenvalue weighted by molar-refractivity contribution is 6.32. The number of carbonyl (C=O) groups is 1. The number of nitrogens with two attached hydrogens (primary N) is 1. The van der Waals surface area contributed by atoms with E-state index in [1.54, 1.807) is 12.1 Å². The van der Waals surface area contributed by atoms with Crippen LogP contribution in [-0.2, 0) is 4.79 Å².